The Labute approximate surface area is 114 Å². The van der Waals surface area contributed by atoms with Crippen LogP contribution in [0.1, 0.15) is 18.9 Å². The summed E-state index contributed by atoms with van der Waals surface area (Å²) in [7, 11) is 0. The van der Waals surface area contributed by atoms with E-state index in [-0.39, 0.29) is 6.54 Å². The van der Waals surface area contributed by atoms with E-state index in [0.29, 0.717) is 12.0 Å². The predicted octanol–water partition coefficient (Wildman–Crippen LogP) is 1.57. The van der Waals surface area contributed by atoms with Gasteiger partial charge in [0.15, 0.2) is 0 Å². The molecular formula is C15H22N2O2. The lowest BCUT2D eigenvalue weighted by atomic mass is 9.93. The average molecular weight is 262 g/mol. The number of hydrogen-bond acceptors (Lipinski definition) is 3. The second-order valence-electron chi connectivity index (χ2n) is 5.37. The highest BCUT2D eigenvalue weighted by molar-refractivity contribution is 5.69. The number of aliphatic carboxylic acids is 1. The number of likely N-dealkylation sites (tertiary alicyclic amines) is 1. The van der Waals surface area contributed by atoms with Crippen molar-refractivity contribution < 1.29 is 9.90 Å². The van der Waals surface area contributed by atoms with Crippen molar-refractivity contribution in [2.45, 2.75) is 25.9 Å². The van der Waals surface area contributed by atoms with E-state index in [1.54, 1.807) is 0 Å². The normalized spacial score (nSPS) is 24.3. The molecular weight excluding hydrogens is 240 g/mol. The van der Waals surface area contributed by atoms with E-state index in [9.17, 15) is 4.79 Å². The number of carboxylic acid groups (broad SMARTS) is 1. The fourth-order valence-electron chi connectivity index (χ4n) is 2.71. The summed E-state index contributed by atoms with van der Waals surface area (Å²) in [5.74, 6) is -0.250. The summed E-state index contributed by atoms with van der Waals surface area (Å²) in [5.41, 5.74) is 1.29. The van der Waals surface area contributed by atoms with Crippen LogP contribution in [0.15, 0.2) is 30.3 Å². The van der Waals surface area contributed by atoms with Gasteiger partial charge in [-0.1, -0.05) is 37.3 Å². The third-order valence-electron chi connectivity index (χ3n) is 3.76. The van der Waals surface area contributed by atoms with E-state index in [1.165, 1.54) is 5.56 Å². The van der Waals surface area contributed by atoms with Crippen LogP contribution < -0.4 is 5.32 Å². The minimum absolute atomic E-state index is 0.162. The molecule has 0 bridgehead atoms. The van der Waals surface area contributed by atoms with Gasteiger partial charge in [-0.2, -0.15) is 0 Å². The number of piperidine rings is 1. The van der Waals surface area contributed by atoms with Crippen molar-refractivity contribution in [2.24, 2.45) is 5.92 Å². The summed E-state index contributed by atoms with van der Waals surface area (Å²) < 4.78 is 0. The van der Waals surface area contributed by atoms with Gasteiger partial charge in [-0.25, -0.2) is 0 Å². The van der Waals surface area contributed by atoms with Gasteiger partial charge in [-0.05, 0) is 17.9 Å². The molecule has 1 aromatic rings. The zero-order valence-corrected chi connectivity index (χ0v) is 11.4. The molecule has 2 unspecified atom stereocenters. The molecule has 1 heterocycles. The highest BCUT2D eigenvalue weighted by Crippen LogP contribution is 2.17. The lowest BCUT2D eigenvalue weighted by Gasteiger charge is -2.36. The van der Waals surface area contributed by atoms with Gasteiger partial charge in [-0.3, -0.25) is 9.69 Å². The minimum Gasteiger partial charge on any atom is -0.480 e. The maximum atomic E-state index is 10.7. The summed E-state index contributed by atoms with van der Waals surface area (Å²) in [4.78, 5) is 12.7. The number of rotatable bonds is 5. The molecule has 2 N–H and O–H groups in total. The summed E-state index contributed by atoms with van der Waals surface area (Å²) in [6.45, 7) is 4.96. The van der Waals surface area contributed by atoms with Crippen molar-refractivity contribution in [2.75, 3.05) is 19.6 Å². The van der Waals surface area contributed by atoms with Crippen LogP contribution in [0.3, 0.4) is 0 Å². The van der Waals surface area contributed by atoms with Crippen molar-refractivity contribution >= 4 is 5.97 Å². The topological polar surface area (TPSA) is 52.6 Å². The Balaban J connectivity index is 1.78. The number of nitrogens with zero attached hydrogens (tertiary/aromatic N) is 1. The summed E-state index contributed by atoms with van der Waals surface area (Å²) in [5, 5.41) is 12.4. The van der Waals surface area contributed by atoms with Crippen LogP contribution in [-0.2, 0) is 11.3 Å². The number of carboxylic acids is 1. The number of benzene rings is 1. The molecule has 2 rings (SSSR count). The number of hydrogen-bond donors (Lipinski definition) is 2. The summed E-state index contributed by atoms with van der Waals surface area (Å²) in [6.07, 6.45) is 1.02. The molecule has 4 heteroatoms. The van der Waals surface area contributed by atoms with Gasteiger partial charge in [0.25, 0.3) is 0 Å². The van der Waals surface area contributed by atoms with Gasteiger partial charge in [-0.15, -0.1) is 0 Å². The fourth-order valence-corrected chi connectivity index (χ4v) is 2.71. The quantitative estimate of drug-likeness (QED) is 0.846. The first-order chi connectivity index (χ1) is 9.15. The first kappa shape index (κ1) is 14.0. The number of carbonyl (C=O) groups is 1. The molecule has 4 nitrogen and oxygen atoms in total. The Morgan fingerprint density at radius 3 is 2.79 bits per heavy atom. The van der Waals surface area contributed by atoms with E-state index in [2.05, 4.69) is 36.5 Å². The Hall–Kier alpha value is -1.39. The van der Waals surface area contributed by atoms with Crippen LogP contribution >= 0.6 is 0 Å². The maximum absolute atomic E-state index is 10.7. The lowest BCUT2D eigenvalue weighted by molar-refractivity contribution is -0.138. The first-order valence-electron chi connectivity index (χ1n) is 6.86. The van der Waals surface area contributed by atoms with Gasteiger partial charge in [0.2, 0.25) is 0 Å². The Kier molecular flexibility index (Phi) is 4.93. The smallest absolute Gasteiger partial charge is 0.317 e. The molecule has 1 aliphatic heterocycles. The largest absolute Gasteiger partial charge is 0.480 e. The second-order valence-corrected chi connectivity index (χ2v) is 5.37. The van der Waals surface area contributed by atoms with Gasteiger partial charge in [0.05, 0.1) is 6.54 Å². The highest BCUT2D eigenvalue weighted by atomic mass is 16.4. The standard InChI is InChI=1S/C15H22N2O2/c1-12-10-17(11-15(18)19)8-7-14(12)16-9-13-5-3-2-4-6-13/h2-6,12,14,16H,7-11H2,1H3,(H,18,19). The van der Waals surface area contributed by atoms with Crippen molar-refractivity contribution in [3.8, 4) is 0 Å². The van der Waals surface area contributed by atoms with Crippen molar-refractivity contribution in [1.29, 1.82) is 0 Å². The third kappa shape index (κ3) is 4.33. The molecule has 19 heavy (non-hydrogen) atoms. The molecule has 104 valence electrons. The van der Waals surface area contributed by atoms with Crippen molar-refractivity contribution in [3.05, 3.63) is 35.9 Å². The van der Waals surface area contributed by atoms with E-state index in [4.69, 9.17) is 5.11 Å². The third-order valence-corrected chi connectivity index (χ3v) is 3.76. The molecule has 0 aromatic heterocycles. The zero-order chi connectivity index (χ0) is 13.7. The van der Waals surface area contributed by atoms with Gasteiger partial charge in [0, 0.05) is 25.7 Å². The van der Waals surface area contributed by atoms with Crippen LogP contribution in [0.5, 0.6) is 0 Å². The Morgan fingerprint density at radius 1 is 1.42 bits per heavy atom. The molecule has 1 fully saturated rings. The molecule has 1 saturated heterocycles. The SMILES string of the molecule is CC1CN(CC(=O)O)CCC1NCc1ccccc1. The Bertz CT molecular complexity index is 408. The fraction of sp³-hybridized carbons (Fsp3) is 0.533. The van der Waals surface area contributed by atoms with Crippen LogP contribution in [0.2, 0.25) is 0 Å². The average Bonchev–Trinajstić information content (AvgIpc) is 2.38. The zero-order valence-electron chi connectivity index (χ0n) is 11.4. The van der Waals surface area contributed by atoms with Crippen molar-refractivity contribution in [1.82, 2.24) is 10.2 Å². The van der Waals surface area contributed by atoms with Crippen LogP contribution in [0.25, 0.3) is 0 Å². The second kappa shape index (κ2) is 6.68. The molecule has 1 aromatic carbocycles. The van der Waals surface area contributed by atoms with E-state index in [1.807, 2.05) is 11.0 Å². The molecule has 0 aliphatic carbocycles. The molecule has 1 aliphatic rings. The molecule has 0 saturated carbocycles. The molecule has 2 atom stereocenters. The van der Waals surface area contributed by atoms with Gasteiger partial charge >= 0.3 is 5.97 Å². The Morgan fingerprint density at radius 2 is 2.16 bits per heavy atom. The van der Waals surface area contributed by atoms with E-state index >= 15 is 0 Å². The maximum Gasteiger partial charge on any atom is 0.317 e. The lowest BCUT2D eigenvalue weighted by Crippen LogP contribution is -2.49. The predicted molar refractivity (Wildman–Crippen MR) is 74.9 cm³/mol. The van der Waals surface area contributed by atoms with Crippen LogP contribution in [-0.4, -0.2) is 41.7 Å². The molecule has 0 radical (unpaired) electrons. The molecule has 0 spiro atoms. The first-order valence-corrected chi connectivity index (χ1v) is 6.86. The molecule has 0 amide bonds. The van der Waals surface area contributed by atoms with E-state index in [0.717, 1.165) is 26.1 Å². The van der Waals surface area contributed by atoms with Crippen molar-refractivity contribution in [3.63, 3.8) is 0 Å². The highest BCUT2D eigenvalue weighted by Gasteiger charge is 2.26. The van der Waals surface area contributed by atoms with Gasteiger partial charge < -0.3 is 10.4 Å². The van der Waals surface area contributed by atoms with Crippen LogP contribution in [0.4, 0.5) is 0 Å². The van der Waals surface area contributed by atoms with E-state index < -0.39 is 5.97 Å². The monoisotopic (exact) mass is 262 g/mol. The summed E-state index contributed by atoms with van der Waals surface area (Å²) >= 11 is 0. The minimum atomic E-state index is -0.733. The summed E-state index contributed by atoms with van der Waals surface area (Å²) in [6, 6.07) is 10.8. The van der Waals surface area contributed by atoms with Crippen LogP contribution in [0, 0.1) is 5.92 Å². The van der Waals surface area contributed by atoms with Gasteiger partial charge in [0.1, 0.15) is 0 Å². The number of nitrogens with one attached hydrogen (secondary N) is 1.